The largest absolute Gasteiger partial charge is 0.383 e. The van der Waals surface area contributed by atoms with Gasteiger partial charge in [-0.2, -0.15) is 0 Å². The summed E-state index contributed by atoms with van der Waals surface area (Å²) in [6, 6.07) is 13.0. The summed E-state index contributed by atoms with van der Waals surface area (Å²) in [4.78, 5) is 11.8. The van der Waals surface area contributed by atoms with Gasteiger partial charge in [-0.1, -0.05) is 53.0 Å². The van der Waals surface area contributed by atoms with Gasteiger partial charge in [0, 0.05) is 24.5 Å². The first-order valence-corrected chi connectivity index (χ1v) is 8.38. The fourth-order valence-electron chi connectivity index (χ4n) is 2.08. The topological polar surface area (TPSA) is 41.1 Å². The highest BCUT2D eigenvalue weighted by molar-refractivity contribution is 6.43. The lowest BCUT2D eigenvalue weighted by molar-refractivity contribution is -0.120. The van der Waals surface area contributed by atoms with Crippen molar-refractivity contribution in [2.75, 3.05) is 18.4 Å². The van der Waals surface area contributed by atoms with Crippen LogP contribution in [0.3, 0.4) is 0 Å². The molecule has 3 nitrogen and oxygen atoms in total. The molecule has 0 atom stereocenters. The quantitative estimate of drug-likeness (QED) is 0.733. The maximum atomic E-state index is 11.8. The lowest BCUT2D eigenvalue weighted by Gasteiger charge is -2.09. The lowest BCUT2D eigenvalue weighted by atomic mass is 10.1. The summed E-state index contributed by atoms with van der Waals surface area (Å²) < 4.78 is 0. The Morgan fingerprint density at radius 1 is 1.00 bits per heavy atom. The second-order valence-electron chi connectivity index (χ2n) is 5.01. The summed E-state index contributed by atoms with van der Waals surface area (Å²) in [6.45, 7) is 1.07. The molecule has 0 saturated carbocycles. The molecule has 6 heteroatoms. The molecule has 0 saturated heterocycles. The van der Waals surface area contributed by atoms with Crippen LogP contribution < -0.4 is 10.6 Å². The Labute approximate surface area is 150 Å². The van der Waals surface area contributed by atoms with E-state index in [0.29, 0.717) is 34.6 Å². The third-order valence-electron chi connectivity index (χ3n) is 3.24. The molecule has 0 fully saturated rings. The molecule has 0 radical (unpaired) electrons. The molecule has 2 aromatic carbocycles. The van der Waals surface area contributed by atoms with Crippen molar-refractivity contribution in [3.63, 3.8) is 0 Å². The maximum absolute atomic E-state index is 11.8. The highest BCUT2D eigenvalue weighted by Gasteiger charge is 2.05. The predicted molar refractivity (Wildman–Crippen MR) is 97.7 cm³/mol. The van der Waals surface area contributed by atoms with Crippen LogP contribution in [0.1, 0.15) is 12.0 Å². The summed E-state index contributed by atoms with van der Waals surface area (Å²) >= 11 is 17.9. The minimum absolute atomic E-state index is 0.0160. The summed E-state index contributed by atoms with van der Waals surface area (Å²) in [6.07, 6.45) is 1.11. The molecule has 0 spiro atoms. The molecule has 2 rings (SSSR count). The van der Waals surface area contributed by atoms with E-state index in [2.05, 4.69) is 10.6 Å². The number of carbonyl (C=O) groups excluding carboxylic acids is 1. The van der Waals surface area contributed by atoms with Crippen LogP contribution in [0.15, 0.2) is 42.5 Å². The fraction of sp³-hybridized carbons (Fsp3) is 0.235. The molecule has 0 bridgehead atoms. The molecule has 122 valence electrons. The summed E-state index contributed by atoms with van der Waals surface area (Å²) in [5, 5.41) is 7.65. The zero-order valence-corrected chi connectivity index (χ0v) is 14.7. The highest BCUT2D eigenvalue weighted by Crippen LogP contribution is 2.29. The Kier molecular flexibility index (Phi) is 7.03. The molecule has 23 heavy (non-hydrogen) atoms. The van der Waals surface area contributed by atoms with E-state index < -0.39 is 0 Å². The summed E-state index contributed by atoms with van der Waals surface area (Å²) in [5.41, 5.74) is 1.83. The van der Waals surface area contributed by atoms with Crippen molar-refractivity contribution in [1.82, 2.24) is 5.32 Å². The van der Waals surface area contributed by atoms with Gasteiger partial charge in [0.05, 0.1) is 15.7 Å². The van der Waals surface area contributed by atoms with Gasteiger partial charge >= 0.3 is 0 Å². The van der Waals surface area contributed by atoms with Gasteiger partial charge in [-0.05, 0) is 36.2 Å². The molecule has 1 amide bonds. The van der Waals surface area contributed by atoms with Crippen molar-refractivity contribution in [3.05, 3.63) is 63.1 Å². The Bertz CT molecular complexity index is 677. The van der Waals surface area contributed by atoms with E-state index in [4.69, 9.17) is 34.8 Å². The number of carbonyl (C=O) groups is 1. The van der Waals surface area contributed by atoms with Crippen LogP contribution in [0.25, 0.3) is 0 Å². The lowest BCUT2D eigenvalue weighted by Crippen LogP contribution is -2.27. The molecule has 0 aromatic heterocycles. The molecule has 0 aliphatic carbocycles. The Hall–Kier alpha value is -1.42. The number of hydrogen-bond acceptors (Lipinski definition) is 2. The first-order valence-electron chi connectivity index (χ1n) is 7.25. The van der Waals surface area contributed by atoms with Crippen molar-refractivity contribution in [2.24, 2.45) is 0 Å². The van der Waals surface area contributed by atoms with Crippen LogP contribution in [0.4, 0.5) is 5.69 Å². The van der Waals surface area contributed by atoms with Crippen LogP contribution in [-0.4, -0.2) is 19.0 Å². The molecule has 0 unspecified atom stereocenters. The molecule has 2 aromatic rings. The minimum atomic E-state index is -0.0160. The van der Waals surface area contributed by atoms with Crippen LogP contribution in [0.5, 0.6) is 0 Å². The number of hydrogen-bond donors (Lipinski definition) is 2. The van der Waals surface area contributed by atoms with E-state index in [9.17, 15) is 4.79 Å². The van der Waals surface area contributed by atoms with Crippen molar-refractivity contribution >= 4 is 46.4 Å². The smallest absolute Gasteiger partial charge is 0.221 e. The van der Waals surface area contributed by atoms with Gasteiger partial charge < -0.3 is 10.6 Å². The molecular formula is C17H17Cl3N2O. The number of anilines is 1. The van der Waals surface area contributed by atoms with Gasteiger partial charge in [-0.3, -0.25) is 4.79 Å². The van der Waals surface area contributed by atoms with Gasteiger partial charge in [0.2, 0.25) is 5.91 Å². The minimum Gasteiger partial charge on any atom is -0.383 e. The molecule has 0 heterocycles. The zero-order valence-electron chi connectivity index (χ0n) is 12.4. The third kappa shape index (κ3) is 5.94. The highest BCUT2D eigenvalue weighted by atomic mass is 35.5. The molecule has 0 aliphatic rings. The van der Waals surface area contributed by atoms with Crippen molar-refractivity contribution in [2.45, 2.75) is 12.8 Å². The van der Waals surface area contributed by atoms with Crippen molar-refractivity contribution in [1.29, 1.82) is 0 Å². The number of halogens is 3. The van der Waals surface area contributed by atoms with E-state index in [0.717, 1.165) is 17.7 Å². The first kappa shape index (κ1) is 17.9. The van der Waals surface area contributed by atoms with Crippen LogP contribution in [-0.2, 0) is 11.2 Å². The molecular weight excluding hydrogens is 355 g/mol. The summed E-state index contributed by atoms with van der Waals surface area (Å²) in [7, 11) is 0. The standard InChI is InChI=1S/C17H17Cl3N2O/c18-13-4-1-3-12(11-13)7-9-22-16(23)8-10-21-15-6-2-5-14(19)17(15)20/h1-6,11,21H,7-10H2,(H,22,23). The number of benzene rings is 2. The Morgan fingerprint density at radius 2 is 1.78 bits per heavy atom. The van der Waals surface area contributed by atoms with E-state index in [1.165, 1.54) is 0 Å². The second-order valence-corrected chi connectivity index (χ2v) is 6.23. The van der Waals surface area contributed by atoms with Crippen molar-refractivity contribution < 1.29 is 4.79 Å². The average molecular weight is 372 g/mol. The predicted octanol–water partition coefficient (Wildman–Crippen LogP) is 4.81. The van der Waals surface area contributed by atoms with E-state index in [1.807, 2.05) is 36.4 Å². The van der Waals surface area contributed by atoms with E-state index in [1.54, 1.807) is 6.07 Å². The van der Waals surface area contributed by atoms with Crippen LogP contribution in [0, 0.1) is 0 Å². The van der Waals surface area contributed by atoms with Gasteiger partial charge in [0.25, 0.3) is 0 Å². The first-order chi connectivity index (χ1) is 11.1. The Balaban J connectivity index is 1.68. The Morgan fingerprint density at radius 3 is 2.57 bits per heavy atom. The normalized spacial score (nSPS) is 10.4. The SMILES string of the molecule is O=C(CCNc1cccc(Cl)c1Cl)NCCc1cccc(Cl)c1. The number of nitrogens with one attached hydrogen (secondary N) is 2. The van der Waals surface area contributed by atoms with E-state index >= 15 is 0 Å². The second kappa shape index (κ2) is 9.02. The van der Waals surface area contributed by atoms with Crippen LogP contribution in [0.2, 0.25) is 15.1 Å². The van der Waals surface area contributed by atoms with Gasteiger partial charge in [-0.25, -0.2) is 0 Å². The third-order valence-corrected chi connectivity index (χ3v) is 4.30. The maximum Gasteiger partial charge on any atom is 0.221 e. The number of amides is 1. The van der Waals surface area contributed by atoms with Crippen LogP contribution >= 0.6 is 34.8 Å². The summed E-state index contributed by atoms with van der Waals surface area (Å²) in [5.74, 6) is -0.0160. The molecule has 2 N–H and O–H groups in total. The molecule has 0 aliphatic heterocycles. The van der Waals surface area contributed by atoms with Gasteiger partial charge in [0.1, 0.15) is 0 Å². The van der Waals surface area contributed by atoms with Crippen molar-refractivity contribution in [3.8, 4) is 0 Å². The number of rotatable bonds is 7. The average Bonchev–Trinajstić information content (AvgIpc) is 2.51. The van der Waals surface area contributed by atoms with Gasteiger partial charge in [-0.15, -0.1) is 0 Å². The zero-order chi connectivity index (χ0) is 16.7. The fourth-order valence-corrected chi connectivity index (χ4v) is 2.66. The van der Waals surface area contributed by atoms with E-state index in [-0.39, 0.29) is 5.91 Å². The monoisotopic (exact) mass is 370 g/mol. The van der Waals surface area contributed by atoms with Gasteiger partial charge in [0.15, 0.2) is 0 Å².